The lowest BCUT2D eigenvalue weighted by molar-refractivity contribution is 0.0966. The number of hydrogen-bond acceptors (Lipinski definition) is 4. The van der Waals surface area contributed by atoms with Gasteiger partial charge in [0, 0.05) is 32.3 Å². The number of nitrogens with zero attached hydrogens (tertiary/aromatic N) is 1. The molecule has 2 atom stereocenters. The van der Waals surface area contributed by atoms with Crippen LogP contribution in [0.5, 0.6) is 0 Å². The molecule has 2 saturated heterocycles. The van der Waals surface area contributed by atoms with Crippen molar-refractivity contribution in [3.8, 4) is 0 Å². The van der Waals surface area contributed by atoms with Crippen LogP contribution in [0.3, 0.4) is 0 Å². The SMILES string of the molecule is CC1CN(S(=O)(=O)C2CCOCC2)CCC1N. The number of nitrogens with two attached hydrogens (primary N) is 1. The maximum Gasteiger partial charge on any atom is 0.217 e. The van der Waals surface area contributed by atoms with Crippen LogP contribution in [-0.2, 0) is 14.8 Å². The smallest absolute Gasteiger partial charge is 0.217 e. The Morgan fingerprint density at radius 2 is 1.88 bits per heavy atom. The fraction of sp³-hybridized carbons (Fsp3) is 1.00. The molecule has 0 aromatic carbocycles. The molecule has 0 radical (unpaired) electrons. The fourth-order valence-corrected chi connectivity index (χ4v) is 4.55. The Labute approximate surface area is 103 Å². The molecule has 2 N–H and O–H groups in total. The average Bonchev–Trinajstić information content (AvgIpc) is 2.33. The van der Waals surface area contributed by atoms with E-state index in [0.29, 0.717) is 39.1 Å². The number of sulfonamides is 1. The highest BCUT2D eigenvalue weighted by Gasteiger charge is 2.36. The second kappa shape index (κ2) is 5.22. The quantitative estimate of drug-likeness (QED) is 0.769. The maximum atomic E-state index is 12.4. The van der Waals surface area contributed by atoms with Gasteiger partial charge in [0.05, 0.1) is 5.25 Å². The summed E-state index contributed by atoms with van der Waals surface area (Å²) in [5.74, 6) is 0.248. The van der Waals surface area contributed by atoms with Gasteiger partial charge in [0.15, 0.2) is 0 Å². The van der Waals surface area contributed by atoms with Gasteiger partial charge in [0.25, 0.3) is 0 Å². The van der Waals surface area contributed by atoms with Crippen LogP contribution in [-0.4, -0.2) is 50.3 Å². The van der Waals surface area contributed by atoms with Gasteiger partial charge in [-0.1, -0.05) is 6.92 Å². The zero-order valence-corrected chi connectivity index (χ0v) is 11.2. The Balaban J connectivity index is 2.04. The van der Waals surface area contributed by atoms with Crippen molar-refractivity contribution in [3.63, 3.8) is 0 Å². The topological polar surface area (TPSA) is 72.6 Å². The van der Waals surface area contributed by atoms with Crippen LogP contribution in [0.4, 0.5) is 0 Å². The molecule has 100 valence electrons. The molecule has 2 fully saturated rings. The van der Waals surface area contributed by atoms with Crippen molar-refractivity contribution in [2.75, 3.05) is 26.3 Å². The molecule has 2 aliphatic heterocycles. The van der Waals surface area contributed by atoms with E-state index < -0.39 is 10.0 Å². The Hall–Kier alpha value is -0.170. The van der Waals surface area contributed by atoms with Crippen molar-refractivity contribution in [3.05, 3.63) is 0 Å². The first-order valence-electron chi connectivity index (χ1n) is 6.34. The number of piperidine rings is 1. The van der Waals surface area contributed by atoms with Gasteiger partial charge >= 0.3 is 0 Å². The molecule has 0 aromatic rings. The summed E-state index contributed by atoms with van der Waals surface area (Å²) in [7, 11) is -3.14. The largest absolute Gasteiger partial charge is 0.381 e. The molecule has 0 saturated carbocycles. The molecule has 0 aliphatic carbocycles. The van der Waals surface area contributed by atoms with Crippen LogP contribution in [0.15, 0.2) is 0 Å². The first-order valence-corrected chi connectivity index (χ1v) is 7.84. The van der Waals surface area contributed by atoms with Gasteiger partial charge < -0.3 is 10.5 Å². The summed E-state index contributed by atoms with van der Waals surface area (Å²) < 4.78 is 31.7. The summed E-state index contributed by atoms with van der Waals surface area (Å²) in [5, 5.41) is -0.252. The zero-order chi connectivity index (χ0) is 12.5. The van der Waals surface area contributed by atoms with E-state index >= 15 is 0 Å². The van der Waals surface area contributed by atoms with E-state index in [0.717, 1.165) is 6.42 Å². The van der Waals surface area contributed by atoms with Gasteiger partial charge in [0.1, 0.15) is 0 Å². The van der Waals surface area contributed by atoms with Crippen LogP contribution in [0.25, 0.3) is 0 Å². The molecule has 2 aliphatic rings. The normalized spacial score (nSPS) is 33.8. The molecular formula is C11H22N2O3S. The van der Waals surface area contributed by atoms with Crippen LogP contribution >= 0.6 is 0 Å². The van der Waals surface area contributed by atoms with Crippen molar-refractivity contribution < 1.29 is 13.2 Å². The van der Waals surface area contributed by atoms with E-state index in [1.54, 1.807) is 4.31 Å². The van der Waals surface area contributed by atoms with E-state index in [2.05, 4.69) is 0 Å². The van der Waals surface area contributed by atoms with Gasteiger partial charge in [-0.3, -0.25) is 0 Å². The average molecular weight is 262 g/mol. The lowest BCUT2D eigenvalue weighted by Gasteiger charge is -2.37. The molecule has 2 unspecified atom stereocenters. The third-order valence-electron chi connectivity index (χ3n) is 3.88. The summed E-state index contributed by atoms with van der Waals surface area (Å²) in [4.78, 5) is 0. The number of hydrogen-bond donors (Lipinski definition) is 1. The van der Waals surface area contributed by atoms with Crippen molar-refractivity contribution in [1.29, 1.82) is 0 Å². The summed E-state index contributed by atoms with van der Waals surface area (Å²) in [6, 6.07) is 0.135. The van der Waals surface area contributed by atoms with Crippen LogP contribution in [0.2, 0.25) is 0 Å². The predicted octanol–water partition coefficient (Wildman–Crippen LogP) is 0.164. The standard InChI is InChI=1S/C11H22N2O3S/c1-9-8-13(5-2-11(9)12)17(14,15)10-3-6-16-7-4-10/h9-11H,2-8,12H2,1H3. The van der Waals surface area contributed by atoms with Crippen LogP contribution in [0.1, 0.15) is 26.2 Å². The lowest BCUT2D eigenvalue weighted by Crippen LogP contribution is -2.51. The molecular weight excluding hydrogens is 240 g/mol. The summed E-state index contributed by atoms with van der Waals surface area (Å²) >= 11 is 0. The number of ether oxygens (including phenoxy) is 1. The Morgan fingerprint density at radius 1 is 1.24 bits per heavy atom. The van der Waals surface area contributed by atoms with Gasteiger partial charge in [-0.25, -0.2) is 12.7 Å². The van der Waals surface area contributed by atoms with Crippen LogP contribution in [0, 0.1) is 5.92 Å². The van der Waals surface area contributed by atoms with E-state index in [1.165, 1.54) is 0 Å². The molecule has 0 aromatic heterocycles. The summed E-state index contributed by atoms with van der Waals surface area (Å²) in [6.45, 7) is 4.29. The first-order chi connectivity index (χ1) is 8.01. The minimum atomic E-state index is -3.14. The van der Waals surface area contributed by atoms with Gasteiger partial charge in [-0.2, -0.15) is 0 Å². The van der Waals surface area contributed by atoms with Gasteiger partial charge in [0.2, 0.25) is 10.0 Å². The molecule has 0 bridgehead atoms. The molecule has 2 heterocycles. The monoisotopic (exact) mass is 262 g/mol. The summed E-state index contributed by atoms with van der Waals surface area (Å²) in [6.07, 6.45) is 2.02. The Morgan fingerprint density at radius 3 is 2.47 bits per heavy atom. The highest BCUT2D eigenvalue weighted by Crippen LogP contribution is 2.24. The molecule has 0 spiro atoms. The van der Waals surface area contributed by atoms with E-state index in [9.17, 15) is 8.42 Å². The summed E-state index contributed by atoms with van der Waals surface area (Å²) in [5.41, 5.74) is 5.92. The first kappa shape index (κ1) is 13.3. The van der Waals surface area contributed by atoms with Crippen molar-refractivity contribution >= 4 is 10.0 Å². The Bertz CT molecular complexity index is 352. The van der Waals surface area contributed by atoms with Crippen LogP contribution < -0.4 is 5.73 Å². The van der Waals surface area contributed by atoms with Gasteiger partial charge in [-0.05, 0) is 25.2 Å². The molecule has 17 heavy (non-hydrogen) atoms. The van der Waals surface area contributed by atoms with Crippen molar-refractivity contribution in [1.82, 2.24) is 4.31 Å². The molecule has 0 amide bonds. The maximum absolute atomic E-state index is 12.4. The lowest BCUT2D eigenvalue weighted by atomic mass is 9.96. The molecule has 5 nitrogen and oxygen atoms in total. The fourth-order valence-electron chi connectivity index (χ4n) is 2.54. The minimum Gasteiger partial charge on any atom is -0.381 e. The second-order valence-electron chi connectivity index (χ2n) is 5.14. The predicted molar refractivity (Wildman–Crippen MR) is 66.1 cm³/mol. The third kappa shape index (κ3) is 2.81. The van der Waals surface area contributed by atoms with Crippen molar-refractivity contribution in [2.45, 2.75) is 37.5 Å². The number of rotatable bonds is 2. The minimum absolute atomic E-state index is 0.135. The highest BCUT2D eigenvalue weighted by molar-refractivity contribution is 7.89. The zero-order valence-electron chi connectivity index (χ0n) is 10.3. The molecule has 6 heteroatoms. The molecule has 2 rings (SSSR count). The second-order valence-corrected chi connectivity index (χ2v) is 7.36. The van der Waals surface area contributed by atoms with E-state index in [1.807, 2.05) is 6.92 Å². The third-order valence-corrected chi connectivity index (χ3v) is 6.25. The Kier molecular flexibility index (Phi) is 4.07. The highest BCUT2D eigenvalue weighted by atomic mass is 32.2. The van der Waals surface area contributed by atoms with E-state index in [4.69, 9.17) is 10.5 Å². The van der Waals surface area contributed by atoms with E-state index in [-0.39, 0.29) is 17.2 Å². The van der Waals surface area contributed by atoms with Crippen molar-refractivity contribution in [2.24, 2.45) is 11.7 Å². The van der Waals surface area contributed by atoms with Gasteiger partial charge in [-0.15, -0.1) is 0 Å².